The number of benzene rings is 2. The summed E-state index contributed by atoms with van der Waals surface area (Å²) in [5.74, 6) is 0.986. The maximum Gasteiger partial charge on any atom is 0.245 e. The van der Waals surface area contributed by atoms with Gasteiger partial charge in [-0.15, -0.1) is 0 Å². The molecule has 0 unspecified atom stereocenters. The molecule has 1 spiro atoms. The van der Waals surface area contributed by atoms with E-state index in [0.29, 0.717) is 0 Å². The van der Waals surface area contributed by atoms with Crippen LogP contribution in [0.25, 0.3) is 39.0 Å². The summed E-state index contributed by atoms with van der Waals surface area (Å²) >= 11 is 0. The molecule has 6 rings (SSSR count). The fraction of sp³-hybridized carbons (Fsp3) is 0.250. The second kappa shape index (κ2) is 7.55. The highest BCUT2D eigenvalue weighted by Gasteiger charge is 2.49. The average Bonchev–Trinajstić information content (AvgIpc) is 3.49. The van der Waals surface area contributed by atoms with Crippen molar-refractivity contribution in [3.8, 4) is 11.1 Å². The summed E-state index contributed by atoms with van der Waals surface area (Å²) in [6.45, 7) is 13.4. The van der Waals surface area contributed by atoms with Gasteiger partial charge in [0.1, 0.15) is 5.82 Å². The summed E-state index contributed by atoms with van der Waals surface area (Å²) in [5.41, 5.74) is 6.67. The second-order valence-electron chi connectivity index (χ2n) is 9.60. The molecule has 1 amide bonds. The highest BCUT2D eigenvalue weighted by molar-refractivity contribution is 6.09. The Morgan fingerprint density at radius 3 is 2.71 bits per heavy atom. The van der Waals surface area contributed by atoms with Gasteiger partial charge in [0.2, 0.25) is 5.91 Å². The fourth-order valence-electron chi connectivity index (χ4n) is 5.80. The number of aromatic nitrogens is 3. The number of aryl methyl sites for hydroxylation is 1. The zero-order valence-corrected chi connectivity index (χ0v) is 19.3. The molecular formula is C28H27N5O. The highest BCUT2D eigenvalue weighted by Crippen LogP contribution is 2.45. The number of rotatable bonds is 4. The van der Waals surface area contributed by atoms with E-state index in [9.17, 15) is 4.79 Å². The van der Waals surface area contributed by atoms with E-state index in [0.717, 1.165) is 71.4 Å². The summed E-state index contributed by atoms with van der Waals surface area (Å²) in [6, 6.07) is 12.5. The number of likely N-dealkylation sites (tertiary alicyclic amines) is 1. The Morgan fingerprint density at radius 2 is 1.91 bits per heavy atom. The quantitative estimate of drug-likeness (QED) is 0.448. The molecular weight excluding hydrogens is 422 g/mol. The van der Waals surface area contributed by atoms with Crippen molar-refractivity contribution < 1.29 is 4.79 Å². The minimum Gasteiger partial charge on any atom is -0.355 e. The van der Waals surface area contributed by atoms with Crippen molar-refractivity contribution >= 4 is 39.6 Å². The van der Waals surface area contributed by atoms with Gasteiger partial charge in [-0.1, -0.05) is 43.5 Å². The third kappa shape index (κ3) is 2.98. The van der Waals surface area contributed by atoms with Gasteiger partial charge in [-0.3, -0.25) is 9.89 Å². The first-order chi connectivity index (χ1) is 16.5. The number of hydrogen-bond acceptors (Lipinski definition) is 4. The van der Waals surface area contributed by atoms with Crippen LogP contribution in [0, 0.1) is 12.3 Å². The number of nitrogens with one attached hydrogen (secondary N) is 1. The van der Waals surface area contributed by atoms with Crippen LogP contribution in [-0.4, -0.2) is 52.2 Å². The molecule has 0 saturated carbocycles. The van der Waals surface area contributed by atoms with Crippen LogP contribution in [0.3, 0.4) is 0 Å². The number of nitrogens with zero attached hydrogens (tertiary/aromatic N) is 4. The summed E-state index contributed by atoms with van der Waals surface area (Å²) in [6.07, 6.45) is 6.31. The monoisotopic (exact) mass is 449 g/mol. The third-order valence-electron chi connectivity index (χ3n) is 7.47. The Labute approximate surface area is 198 Å². The lowest BCUT2D eigenvalue weighted by atomic mass is 9.79. The Hall–Kier alpha value is -3.93. The predicted octanol–water partition coefficient (Wildman–Crippen LogP) is 4.95. The standard InChI is InChI=1S/C28H27N5O/c1-4-19-26(25-18(3)10-11-23-21(25)14-29-31-23)20-8-6-7-9-22(20)30-27(19)32-13-12-28(15-32)16-33(17-28)24(34)5-2/h4-11,14H,1-2,12-13,15-17H2,3H3,(H,29,31). The molecule has 0 radical (unpaired) electrons. The van der Waals surface area contributed by atoms with E-state index in [2.05, 4.69) is 65.5 Å². The molecule has 2 aliphatic heterocycles. The van der Waals surface area contributed by atoms with Gasteiger partial charge >= 0.3 is 0 Å². The lowest BCUT2D eigenvalue weighted by molar-refractivity contribution is -0.136. The zero-order valence-electron chi connectivity index (χ0n) is 19.3. The topological polar surface area (TPSA) is 65.1 Å². The number of fused-ring (bicyclic) bond motifs is 2. The van der Waals surface area contributed by atoms with E-state index in [1.165, 1.54) is 17.2 Å². The first-order valence-electron chi connectivity index (χ1n) is 11.7. The van der Waals surface area contributed by atoms with Gasteiger partial charge in [0, 0.05) is 53.5 Å². The Morgan fingerprint density at radius 1 is 1.09 bits per heavy atom. The number of para-hydroxylation sites is 1. The first kappa shape index (κ1) is 20.7. The number of H-pyrrole nitrogens is 1. The third-order valence-corrected chi connectivity index (χ3v) is 7.47. The van der Waals surface area contributed by atoms with Crippen molar-refractivity contribution in [2.24, 2.45) is 5.41 Å². The number of carbonyl (C=O) groups is 1. The molecule has 2 saturated heterocycles. The van der Waals surface area contributed by atoms with Gasteiger partial charge in [-0.25, -0.2) is 4.98 Å². The summed E-state index contributed by atoms with van der Waals surface area (Å²) in [4.78, 5) is 21.4. The Balaban J connectivity index is 1.51. The van der Waals surface area contributed by atoms with Gasteiger partial charge in [-0.2, -0.15) is 5.10 Å². The van der Waals surface area contributed by atoms with E-state index in [-0.39, 0.29) is 11.3 Å². The van der Waals surface area contributed by atoms with Crippen molar-refractivity contribution in [1.29, 1.82) is 0 Å². The average molecular weight is 450 g/mol. The van der Waals surface area contributed by atoms with Crippen LogP contribution in [0.5, 0.6) is 0 Å². The number of aromatic amines is 1. The largest absolute Gasteiger partial charge is 0.355 e. The van der Waals surface area contributed by atoms with Crippen molar-refractivity contribution in [3.63, 3.8) is 0 Å². The minimum absolute atomic E-state index is 0.0191. The first-order valence-corrected chi connectivity index (χ1v) is 11.7. The molecule has 2 fully saturated rings. The number of carbonyl (C=O) groups excluding carboxylic acids is 1. The van der Waals surface area contributed by atoms with Crippen molar-refractivity contribution in [3.05, 3.63) is 73.0 Å². The van der Waals surface area contributed by atoms with Crippen LogP contribution in [0.15, 0.2) is 61.8 Å². The maximum atomic E-state index is 12.0. The van der Waals surface area contributed by atoms with Crippen LogP contribution in [0.4, 0.5) is 5.82 Å². The fourth-order valence-corrected chi connectivity index (χ4v) is 5.80. The number of hydrogen-bond donors (Lipinski definition) is 1. The van der Waals surface area contributed by atoms with Crippen molar-refractivity contribution in [2.45, 2.75) is 13.3 Å². The van der Waals surface area contributed by atoms with Crippen LogP contribution in [0.2, 0.25) is 0 Å². The van der Waals surface area contributed by atoms with E-state index >= 15 is 0 Å². The van der Waals surface area contributed by atoms with E-state index in [4.69, 9.17) is 4.98 Å². The molecule has 170 valence electrons. The van der Waals surface area contributed by atoms with Gasteiger partial charge in [-0.05, 0) is 42.7 Å². The van der Waals surface area contributed by atoms with Gasteiger partial charge in [0.05, 0.1) is 17.2 Å². The molecule has 6 nitrogen and oxygen atoms in total. The van der Waals surface area contributed by atoms with E-state index in [1.807, 2.05) is 23.2 Å². The summed E-state index contributed by atoms with van der Waals surface area (Å²) in [5, 5.41) is 9.64. The number of amides is 1. The minimum atomic E-state index is 0.0191. The van der Waals surface area contributed by atoms with Crippen LogP contribution >= 0.6 is 0 Å². The molecule has 4 heterocycles. The molecule has 0 aliphatic carbocycles. The SMILES string of the molecule is C=CC(=O)N1CC2(CCN(c3nc4ccccc4c(-c4c(C)ccc5[nH]ncc45)c3C=C)C2)C1. The lowest BCUT2D eigenvalue weighted by Gasteiger charge is -2.47. The molecule has 6 heteroatoms. The molecule has 34 heavy (non-hydrogen) atoms. The second-order valence-corrected chi connectivity index (χ2v) is 9.60. The van der Waals surface area contributed by atoms with Crippen LogP contribution in [-0.2, 0) is 4.79 Å². The highest BCUT2D eigenvalue weighted by atomic mass is 16.2. The molecule has 2 aliphatic rings. The Bertz CT molecular complexity index is 1480. The van der Waals surface area contributed by atoms with Gasteiger partial charge in [0.25, 0.3) is 0 Å². The summed E-state index contributed by atoms with van der Waals surface area (Å²) < 4.78 is 0. The van der Waals surface area contributed by atoms with Crippen LogP contribution < -0.4 is 4.90 Å². The molecule has 1 N–H and O–H groups in total. The molecule has 0 bridgehead atoms. The normalized spacial score (nSPS) is 16.9. The Kier molecular flexibility index (Phi) is 4.59. The molecule has 2 aromatic heterocycles. The zero-order chi connectivity index (χ0) is 23.4. The predicted molar refractivity (Wildman–Crippen MR) is 138 cm³/mol. The molecule has 4 aromatic rings. The number of pyridine rings is 1. The van der Waals surface area contributed by atoms with E-state index < -0.39 is 0 Å². The van der Waals surface area contributed by atoms with Crippen LogP contribution in [0.1, 0.15) is 17.5 Å². The van der Waals surface area contributed by atoms with E-state index in [1.54, 1.807) is 0 Å². The molecule has 0 atom stereocenters. The lowest BCUT2D eigenvalue weighted by Crippen LogP contribution is -2.59. The maximum absolute atomic E-state index is 12.0. The summed E-state index contributed by atoms with van der Waals surface area (Å²) in [7, 11) is 0. The van der Waals surface area contributed by atoms with Gasteiger partial charge < -0.3 is 9.80 Å². The van der Waals surface area contributed by atoms with Crippen molar-refractivity contribution in [1.82, 2.24) is 20.1 Å². The number of anilines is 1. The smallest absolute Gasteiger partial charge is 0.245 e. The van der Waals surface area contributed by atoms with Crippen molar-refractivity contribution in [2.75, 3.05) is 31.1 Å². The molecule has 2 aromatic carbocycles. The van der Waals surface area contributed by atoms with Gasteiger partial charge in [0.15, 0.2) is 0 Å².